The molecular weight excluding hydrogens is 438 g/mol. The molecule has 176 valence electrons. The summed E-state index contributed by atoms with van der Waals surface area (Å²) in [6.07, 6.45) is -0.0310. The van der Waals surface area contributed by atoms with Gasteiger partial charge >= 0.3 is 12.1 Å². The maximum Gasteiger partial charge on any atom is 0.412 e. The summed E-state index contributed by atoms with van der Waals surface area (Å²) in [6.45, 7) is 6.11. The molecule has 0 spiro atoms. The molecule has 1 fully saturated rings. The van der Waals surface area contributed by atoms with E-state index in [9.17, 15) is 19.5 Å². The Morgan fingerprint density at radius 3 is 2.06 bits per heavy atom. The summed E-state index contributed by atoms with van der Waals surface area (Å²) in [6, 6.07) is 20.0. The van der Waals surface area contributed by atoms with E-state index in [1.165, 1.54) is 4.90 Å². The van der Waals surface area contributed by atoms with Gasteiger partial charge in [0.25, 0.3) is 8.32 Å². The van der Waals surface area contributed by atoms with Gasteiger partial charge in [-0.15, -0.1) is 0 Å². The van der Waals surface area contributed by atoms with Crippen molar-refractivity contribution in [2.24, 2.45) is 5.92 Å². The van der Waals surface area contributed by atoms with Gasteiger partial charge < -0.3 is 19.2 Å². The van der Waals surface area contributed by atoms with Crippen LogP contribution in [-0.2, 0) is 18.8 Å². The smallest absolute Gasteiger partial charge is 0.412 e. The van der Waals surface area contributed by atoms with Gasteiger partial charge in [0.2, 0.25) is 0 Å². The first-order valence-corrected chi connectivity index (χ1v) is 13.0. The highest BCUT2D eigenvalue weighted by Crippen LogP contribution is 2.36. The van der Waals surface area contributed by atoms with E-state index < -0.39 is 32.1 Å². The lowest BCUT2D eigenvalue weighted by atomic mass is 10.0. The predicted octanol–water partition coefficient (Wildman–Crippen LogP) is 3.02. The molecule has 1 N–H and O–H groups in total. The van der Waals surface area contributed by atoms with Gasteiger partial charge in [-0.05, 0) is 28.3 Å². The topological polar surface area (TPSA) is 93.1 Å². The lowest BCUT2D eigenvalue weighted by Gasteiger charge is -2.42. The zero-order valence-electron chi connectivity index (χ0n) is 19.3. The molecule has 0 radical (unpaired) electrons. The summed E-state index contributed by atoms with van der Waals surface area (Å²) >= 11 is 0. The number of hydrogen-bond acceptors (Lipinski definition) is 5. The Kier molecular flexibility index (Phi) is 7.71. The van der Waals surface area contributed by atoms with E-state index in [0.717, 1.165) is 10.4 Å². The van der Waals surface area contributed by atoms with Crippen LogP contribution in [0.2, 0.25) is 5.04 Å². The Balaban J connectivity index is 1.80. The zero-order valence-corrected chi connectivity index (χ0v) is 20.3. The fourth-order valence-corrected chi connectivity index (χ4v) is 8.85. The van der Waals surface area contributed by atoms with Crippen molar-refractivity contribution in [2.75, 3.05) is 19.9 Å². The van der Waals surface area contributed by atoms with Crippen molar-refractivity contribution in [3.8, 4) is 0 Å². The SMILES string of the molecule is CC(C)(C)[Si](OCOC(=O)N1CCCC(C(=O)O)C(=O)C1)(c1ccccc1)c1ccccc1. The quantitative estimate of drug-likeness (QED) is 0.397. The van der Waals surface area contributed by atoms with Crippen LogP contribution in [-0.4, -0.2) is 56.1 Å². The maximum absolute atomic E-state index is 12.7. The number of ether oxygens (including phenoxy) is 1. The molecule has 1 heterocycles. The van der Waals surface area contributed by atoms with Gasteiger partial charge in [0.1, 0.15) is 5.92 Å². The third-order valence-corrected chi connectivity index (χ3v) is 11.0. The minimum atomic E-state index is -2.86. The molecule has 0 aromatic heterocycles. The maximum atomic E-state index is 12.7. The van der Waals surface area contributed by atoms with Crippen molar-refractivity contribution in [1.82, 2.24) is 4.90 Å². The van der Waals surface area contributed by atoms with Gasteiger partial charge in [0.05, 0.1) is 6.54 Å². The van der Waals surface area contributed by atoms with Crippen LogP contribution >= 0.6 is 0 Å². The Hall–Kier alpha value is -2.97. The van der Waals surface area contributed by atoms with Crippen LogP contribution in [0.25, 0.3) is 0 Å². The minimum Gasteiger partial charge on any atom is -0.481 e. The number of Topliss-reactive ketones (excluding diaryl/α,β-unsaturated/α-hetero) is 1. The number of likely N-dealkylation sites (tertiary alicyclic amines) is 1. The molecule has 2 aromatic carbocycles. The third kappa shape index (κ3) is 5.34. The number of rotatable bonds is 6. The van der Waals surface area contributed by atoms with Crippen molar-refractivity contribution in [3.05, 3.63) is 60.7 Å². The fourth-order valence-electron chi connectivity index (χ4n) is 4.46. The molecule has 0 aliphatic carbocycles. The number of amides is 1. The average molecular weight is 470 g/mol. The standard InChI is InChI=1S/C25H31NO6Si/c1-25(2,3)33(19-11-6-4-7-12-19,20-13-8-5-9-14-20)32-18-31-24(30)26-16-10-15-21(23(28)29)22(27)17-26/h4-9,11-14,21H,10,15-18H2,1-3H3,(H,28,29). The van der Waals surface area contributed by atoms with E-state index in [1.54, 1.807) is 0 Å². The number of carboxylic acids is 1. The number of carbonyl (C=O) groups is 3. The van der Waals surface area contributed by atoms with Crippen LogP contribution in [0.15, 0.2) is 60.7 Å². The summed E-state index contributed by atoms with van der Waals surface area (Å²) < 4.78 is 12.0. The second-order valence-corrected chi connectivity index (χ2v) is 13.6. The van der Waals surface area contributed by atoms with Crippen LogP contribution in [0.1, 0.15) is 33.6 Å². The number of ketones is 1. The first kappa shape index (κ1) is 24.7. The van der Waals surface area contributed by atoms with Crippen molar-refractivity contribution < 1.29 is 28.7 Å². The molecule has 1 aliphatic rings. The van der Waals surface area contributed by atoms with Crippen LogP contribution < -0.4 is 10.4 Å². The first-order chi connectivity index (χ1) is 15.7. The van der Waals surface area contributed by atoms with Crippen molar-refractivity contribution in [1.29, 1.82) is 0 Å². The third-order valence-electron chi connectivity index (χ3n) is 6.09. The molecular formula is C25H31NO6Si. The zero-order chi connectivity index (χ0) is 24.1. The number of hydrogen-bond donors (Lipinski definition) is 1. The summed E-state index contributed by atoms with van der Waals surface area (Å²) in [7, 11) is -2.86. The van der Waals surface area contributed by atoms with Gasteiger partial charge in [-0.25, -0.2) is 4.79 Å². The van der Waals surface area contributed by atoms with Crippen molar-refractivity contribution in [3.63, 3.8) is 0 Å². The highest BCUT2D eigenvalue weighted by molar-refractivity contribution is 6.99. The van der Waals surface area contributed by atoms with Gasteiger partial charge in [0, 0.05) is 6.54 Å². The van der Waals surface area contributed by atoms with Gasteiger partial charge in [0.15, 0.2) is 12.6 Å². The van der Waals surface area contributed by atoms with E-state index in [2.05, 4.69) is 20.8 Å². The molecule has 1 unspecified atom stereocenters. The van der Waals surface area contributed by atoms with Crippen LogP contribution in [0.4, 0.5) is 4.79 Å². The number of aliphatic carboxylic acids is 1. The second-order valence-electron chi connectivity index (χ2n) is 9.26. The molecule has 7 nitrogen and oxygen atoms in total. The van der Waals surface area contributed by atoms with Crippen LogP contribution in [0.3, 0.4) is 0 Å². The van der Waals surface area contributed by atoms with E-state index in [0.29, 0.717) is 6.42 Å². The molecule has 0 bridgehead atoms. The summed E-state index contributed by atoms with van der Waals surface area (Å²) in [5, 5.41) is 11.1. The average Bonchev–Trinajstić information content (AvgIpc) is 2.98. The first-order valence-electron chi connectivity index (χ1n) is 11.1. The van der Waals surface area contributed by atoms with Gasteiger partial charge in [-0.2, -0.15) is 0 Å². The minimum absolute atomic E-state index is 0.219. The Morgan fingerprint density at radius 1 is 1.03 bits per heavy atom. The van der Waals surface area contributed by atoms with Gasteiger partial charge in [-0.1, -0.05) is 81.4 Å². The van der Waals surface area contributed by atoms with Crippen LogP contribution in [0, 0.1) is 5.92 Å². The molecule has 2 aromatic rings. The lowest BCUT2D eigenvalue weighted by molar-refractivity contribution is -0.146. The number of nitrogens with zero attached hydrogens (tertiary/aromatic N) is 1. The van der Waals surface area contributed by atoms with E-state index >= 15 is 0 Å². The van der Waals surface area contributed by atoms with E-state index in [-0.39, 0.29) is 31.3 Å². The normalized spacial score (nSPS) is 17.4. The second kappa shape index (κ2) is 10.3. The molecule has 3 rings (SSSR count). The number of carboxylic acid groups (broad SMARTS) is 1. The molecule has 1 amide bonds. The monoisotopic (exact) mass is 469 g/mol. The summed E-state index contributed by atoms with van der Waals surface area (Å²) in [5.41, 5.74) is 0. The van der Waals surface area contributed by atoms with Crippen LogP contribution in [0.5, 0.6) is 0 Å². The molecule has 1 saturated heterocycles. The molecule has 1 aliphatic heterocycles. The Bertz CT molecular complexity index is 934. The van der Waals surface area contributed by atoms with Crippen molar-refractivity contribution in [2.45, 2.75) is 38.7 Å². The molecule has 1 atom stereocenters. The largest absolute Gasteiger partial charge is 0.481 e. The lowest BCUT2D eigenvalue weighted by Crippen LogP contribution is -2.66. The number of carbonyl (C=O) groups excluding carboxylic acids is 2. The molecule has 8 heteroatoms. The molecule has 0 saturated carbocycles. The Morgan fingerprint density at radius 2 is 1.58 bits per heavy atom. The van der Waals surface area contributed by atoms with Gasteiger partial charge in [-0.3, -0.25) is 9.59 Å². The highest BCUT2D eigenvalue weighted by atomic mass is 28.4. The van der Waals surface area contributed by atoms with E-state index in [4.69, 9.17) is 9.16 Å². The highest BCUT2D eigenvalue weighted by Gasteiger charge is 2.50. The fraction of sp³-hybridized carbons (Fsp3) is 0.400. The summed E-state index contributed by atoms with van der Waals surface area (Å²) in [5.74, 6) is -2.70. The molecule has 33 heavy (non-hydrogen) atoms. The van der Waals surface area contributed by atoms with E-state index in [1.807, 2.05) is 60.7 Å². The van der Waals surface area contributed by atoms with Crippen molar-refractivity contribution >= 4 is 36.5 Å². The predicted molar refractivity (Wildman–Crippen MR) is 127 cm³/mol. The summed E-state index contributed by atoms with van der Waals surface area (Å²) in [4.78, 5) is 37.5. The number of benzene rings is 2. The Labute approximate surface area is 195 Å².